The van der Waals surface area contributed by atoms with E-state index in [1.165, 1.54) is 0 Å². The number of sulfonamides is 1. The minimum absolute atomic E-state index is 0.0949. The molecule has 4 rings (SSSR count). The molecule has 156 valence electrons. The molecule has 0 saturated carbocycles. The van der Waals surface area contributed by atoms with Gasteiger partial charge in [0.2, 0.25) is 16.0 Å². The van der Waals surface area contributed by atoms with E-state index in [1.54, 1.807) is 12.4 Å². The summed E-state index contributed by atoms with van der Waals surface area (Å²) in [5.41, 5.74) is 5.60. The number of hydrogen-bond acceptors (Lipinski definition) is 7. The van der Waals surface area contributed by atoms with Gasteiger partial charge in [0.15, 0.2) is 0 Å². The number of aryl methyl sites for hydroxylation is 2. The third-order valence-electron chi connectivity index (χ3n) is 4.85. The van der Waals surface area contributed by atoms with E-state index >= 15 is 0 Å². The maximum absolute atomic E-state index is 11.4. The van der Waals surface area contributed by atoms with Crippen molar-refractivity contribution in [3.63, 3.8) is 0 Å². The van der Waals surface area contributed by atoms with Crippen LogP contribution in [0.25, 0.3) is 11.3 Å². The zero-order valence-electron chi connectivity index (χ0n) is 16.8. The summed E-state index contributed by atoms with van der Waals surface area (Å²) in [7, 11) is -3.41. The Morgan fingerprint density at radius 1 is 1.10 bits per heavy atom. The van der Waals surface area contributed by atoms with Crippen LogP contribution in [0.2, 0.25) is 5.02 Å². The largest absolute Gasteiger partial charge is 0.352 e. The minimum Gasteiger partial charge on any atom is -0.352 e. The molecule has 0 aliphatic carbocycles. The average Bonchev–Trinajstić information content (AvgIpc) is 2.67. The van der Waals surface area contributed by atoms with Gasteiger partial charge in [0.05, 0.1) is 22.7 Å². The van der Waals surface area contributed by atoms with Gasteiger partial charge in [0.1, 0.15) is 5.82 Å². The first kappa shape index (κ1) is 20.5. The smallest absolute Gasteiger partial charge is 0.236 e. The van der Waals surface area contributed by atoms with Crippen LogP contribution in [0.1, 0.15) is 22.4 Å². The van der Waals surface area contributed by atoms with Gasteiger partial charge in [0.25, 0.3) is 0 Å². The van der Waals surface area contributed by atoms with E-state index in [0.29, 0.717) is 24.5 Å². The third-order valence-corrected chi connectivity index (χ3v) is 5.70. The molecule has 0 radical (unpaired) electrons. The monoisotopic (exact) mass is 444 g/mol. The van der Waals surface area contributed by atoms with E-state index < -0.39 is 10.0 Å². The zero-order chi connectivity index (χ0) is 21.5. The highest BCUT2D eigenvalue weighted by Crippen LogP contribution is 2.32. The lowest BCUT2D eigenvalue weighted by molar-refractivity contribution is 0.606. The number of nitrogens with one attached hydrogen (secondary N) is 1. The summed E-state index contributed by atoms with van der Waals surface area (Å²) >= 11 is 6.44. The topological polar surface area (TPSA) is 101 Å². The van der Waals surface area contributed by atoms with Crippen molar-refractivity contribution < 1.29 is 8.42 Å². The van der Waals surface area contributed by atoms with Crippen molar-refractivity contribution in [3.8, 4) is 11.3 Å². The Morgan fingerprint density at radius 3 is 2.63 bits per heavy atom. The highest BCUT2D eigenvalue weighted by molar-refractivity contribution is 7.91. The van der Waals surface area contributed by atoms with Crippen LogP contribution in [-0.4, -0.2) is 41.2 Å². The molecule has 10 heteroatoms. The van der Waals surface area contributed by atoms with Crippen molar-refractivity contribution in [2.45, 2.75) is 26.8 Å². The maximum Gasteiger partial charge on any atom is 0.236 e. The lowest BCUT2D eigenvalue weighted by atomic mass is 10.0. The fourth-order valence-electron chi connectivity index (χ4n) is 3.51. The van der Waals surface area contributed by atoms with Gasteiger partial charge in [-0.05, 0) is 31.0 Å². The first-order valence-electron chi connectivity index (χ1n) is 9.36. The van der Waals surface area contributed by atoms with Gasteiger partial charge in [-0.2, -0.15) is 0 Å². The Kier molecular flexibility index (Phi) is 5.33. The van der Waals surface area contributed by atoms with Gasteiger partial charge < -0.3 is 4.90 Å². The molecule has 0 unspecified atom stereocenters. The Morgan fingerprint density at radius 2 is 1.90 bits per heavy atom. The normalized spacial score (nSPS) is 13.8. The highest BCUT2D eigenvalue weighted by Gasteiger charge is 2.21. The molecule has 0 fully saturated rings. The highest BCUT2D eigenvalue weighted by atomic mass is 35.5. The molecule has 1 aliphatic heterocycles. The second-order valence-corrected chi connectivity index (χ2v) is 9.57. The fraction of sp³-hybridized carbons (Fsp3) is 0.300. The Hall–Kier alpha value is -2.78. The van der Waals surface area contributed by atoms with Crippen LogP contribution < -0.4 is 9.62 Å². The van der Waals surface area contributed by atoms with Crippen LogP contribution in [0, 0.1) is 13.8 Å². The quantitative estimate of drug-likeness (QED) is 0.659. The van der Waals surface area contributed by atoms with Crippen LogP contribution in [0.15, 0.2) is 30.7 Å². The van der Waals surface area contributed by atoms with Gasteiger partial charge >= 0.3 is 0 Å². The van der Waals surface area contributed by atoms with E-state index in [1.807, 2.05) is 26.1 Å². The molecule has 0 amide bonds. The minimum atomic E-state index is -3.41. The summed E-state index contributed by atoms with van der Waals surface area (Å²) in [4.78, 5) is 19.7. The molecule has 0 aromatic carbocycles. The third kappa shape index (κ3) is 4.36. The number of pyridine rings is 2. The fourth-order valence-corrected chi connectivity index (χ4v) is 4.13. The molecule has 8 nitrogen and oxygen atoms in total. The molecular weight excluding hydrogens is 424 g/mol. The lowest BCUT2D eigenvalue weighted by Crippen LogP contribution is -2.32. The number of fused-ring (bicyclic) bond motifs is 1. The zero-order valence-corrected chi connectivity index (χ0v) is 18.4. The second-order valence-electron chi connectivity index (χ2n) is 7.41. The van der Waals surface area contributed by atoms with Crippen molar-refractivity contribution in [1.29, 1.82) is 0 Å². The summed E-state index contributed by atoms with van der Waals surface area (Å²) in [6.45, 7) is 5.29. The number of halogens is 1. The van der Waals surface area contributed by atoms with E-state index in [4.69, 9.17) is 11.6 Å². The van der Waals surface area contributed by atoms with Crippen molar-refractivity contribution in [2.75, 3.05) is 22.4 Å². The standard InChI is InChI=1S/C20H21ClN6O2S/c1-12-6-13(2)19(23-8-12)15-7-18(22-10-16(15)21)27-5-4-17-14(11-27)9-24-20(25-17)26-30(3,28)29/h6-10H,4-5,11H2,1-3H3,(H,24,25,26). The van der Waals surface area contributed by atoms with Gasteiger partial charge in [-0.25, -0.2) is 23.4 Å². The molecule has 3 aromatic heterocycles. The molecule has 30 heavy (non-hydrogen) atoms. The second kappa shape index (κ2) is 7.81. The van der Waals surface area contributed by atoms with Crippen molar-refractivity contribution in [3.05, 3.63) is 58.1 Å². The maximum atomic E-state index is 11.4. The first-order chi connectivity index (χ1) is 14.2. The molecule has 0 bridgehead atoms. The molecule has 1 aliphatic rings. The Balaban J connectivity index is 1.62. The lowest BCUT2D eigenvalue weighted by Gasteiger charge is -2.29. The van der Waals surface area contributed by atoms with Crippen LogP contribution in [0.4, 0.5) is 11.8 Å². The molecule has 3 aromatic rings. The summed E-state index contributed by atoms with van der Waals surface area (Å²) in [5, 5.41) is 0.551. The predicted octanol–water partition coefficient (Wildman–Crippen LogP) is 3.14. The van der Waals surface area contributed by atoms with Gasteiger partial charge in [0, 0.05) is 49.2 Å². The van der Waals surface area contributed by atoms with Crippen LogP contribution in [-0.2, 0) is 23.0 Å². The predicted molar refractivity (Wildman–Crippen MR) is 117 cm³/mol. The summed E-state index contributed by atoms with van der Waals surface area (Å²) < 4.78 is 25.1. The van der Waals surface area contributed by atoms with Crippen LogP contribution in [0.5, 0.6) is 0 Å². The number of anilines is 2. The number of hydrogen-bond donors (Lipinski definition) is 1. The molecule has 0 saturated heterocycles. The molecule has 0 atom stereocenters. The summed E-state index contributed by atoms with van der Waals surface area (Å²) in [6.07, 6.45) is 6.86. The van der Waals surface area contributed by atoms with E-state index in [0.717, 1.165) is 45.7 Å². The van der Waals surface area contributed by atoms with E-state index in [2.05, 4.69) is 35.6 Å². The van der Waals surface area contributed by atoms with Crippen molar-refractivity contribution in [1.82, 2.24) is 19.9 Å². The van der Waals surface area contributed by atoms with Crippen molar-refractivity contribution in [2.24, 2.45) is 0 Å². The molecule has 4 heterocycles. The summed E-state index contributed by atoms with van der Waals surface area (Å²) in [6, 6.07) is 4.04. The van der Waals surface area contributed by atoms with E-state index in [-0.39, 0.29) is 5.95 Å². The average molecular weight is 445 g/mol. The Bertz CT molecular complexity index is 1230. The molecule has 0 spiro atoms. The first-order valence-corrected chi connectivity index (χ1v) is 11.6. The SMILES string of the molecule is Cc1cnc(-c2cc(N3CCc4nc(NS(C)(=O)=O)ncc4C3)ncc2Cl)c(C)c1. The van der Waals surface area contributed by atoms with E-state index in [9.17, 15) is 8.42 Å². The Labute approximate surface area is 180 Å². The van der Waals surface area contributed by atoms with Gasteiger partial charge in [-0.3, -0.25) is 9.71 Å². The van der Waals surface area contributed by atoms with Gasteiger partial charge in [-0.15, -0.1) is 0 Å². The number of nitrogens with zero attached hydrogens (tertiary/aromatic N) is 5. The van der Waals surface area contributed by atoms with Crippen molar-refractivity contribution >= 4 is 33.4 Å². The summed E-state index contributed by atoms with van der Waals surface area (Å²) in [5.74, 6) is 0.887. The van der Waals surface area contributed by atoms with Crippen LogP contribution in [0.3, 0.4) is 0 Å². The number of aromatic nitrogens is 4. The number of rotatable bonds is 4. The molecular formula is C20H21ClN6O2S. The van der Waals surface area contributed by atoms with Gasteiger partial charge in [-0.1, -0.05) is 17.7 Å². The molecule has 1 N–H and O–H groups in total. The van der Waals surface area contributed by atoms with Crippen LogP contribution >= 0.6 is 11.6 Å².